The lowest BCUT2D eigenvalue weighted by Gasteiger charge is -2.19. The molecular formula is C16H22N2O. The van der Waals surface area contributed by atoms with E-state index in [2.05, 4.69) is 13.0 Å². The van der Waals surface area contributed by atoms with Gasteiger partial charge in [-0.15, -0.1) is 0 Å². The van der Waals surface area contributed by atoms with Crippen molar-refractivity contribution in [2.24, 2.45) is 0 Å². The van der Waals surface area contributed by atoms with Gasteiger partial charge in [-0.05, 0) is 24.5 Å². The first-order chi connectivity index (χ1) is 9.10. The van der Waals surface area contributed by atoms with E-state index < -0.39 is 0 Å². The minimum absolute atomic E-state index is 0.0447. The number of nitrogens with zero attached hydrogens (tertiary/aromatic N) is 2. The van der Waals surface area contributed by atoms with Crippen LogP contribution in [0.3, 0.4) is 0 Å². The Hall–Kier alpha value is -1.82. The van der Waals surface area contributed by atoms with E-state index in [-0.39, 0.29) is 18.2 Å². The molecule has 0 heterocycles. The molecule has 0 aliphatic carbocycles. The van der Waals surface area contributed by atoms with Crippen LogP contribution in [0.15, 0.2) is 24.3 Å². The highest BCUT2D eigenvalue weighted by molar-refractivity contribution is 5.77. The SMILES string of the molecule is CCCCN(C)C(=O)CC(C#N)c1ccccc1C. The summed E-state index contributed by atoms with van der Waals surface area (Å²) >= 11 is 0. The molecule has 0 aliphatic rings. The van der Waals surface area contributed by atoms with Crippen LogP contribution in [0.1, 0.15) is 43.2 Å². The first kappa shape index (κ1) is 15.2. The Balaban J connectivity index is 2.71. The van der Waals surface area contributed by atoms with E-state index >= 15 is 0 Å². The molecule has 3 heteroatoms. The van der Waals surface area contributed by atoms with Gasteiger partial charge in [0.25, 0.3) is 0 Å². The van der Waals surface area contributed by atoms with Crippen molar-refractivity contribution < 1.29 is 4.79 Å². The maximum atomic E-state index is 12.1. The van der Waals surface area contributed by atoms with Gasteiger partial charge in [0.1, 0.15) is 0 Å². The molecule has 0 N–H and O–H groups in total. The molecule has 0 fully saturated rings. The number of hydrogen-bond donors (Lipinski definition) is 0. The van der Waals surface area contributed by atoms with Crippen molar-refractivity contribution in [3.05, 3.63) is 35.4 Å². The average molecular weight is 258 g/mol. The van der Waals surface area contributed by atoms with Crippen molar-refractivity contribution >= 4 is 5.91 Å². The molecule has 0 spiro atoms. The summed E-state index contributed by atoms with van der Waals surface area (Å²) in [6.45, 7) is 4.84. The van der Waals surface area contributed by atoms with Crippen LogP contribution in [-0.2, 0) is 4.79 Å². The number of rotatable bonds is 6. The van der Waals surface area contributed by atoms with Crippen LogP contribution < -0.4 is 0 Å². The lowest BCUT2D eigenvalue weighted by molar-refractivity contribution is -0.130. The van der Waals surface area contributed by atoms with Gasteiger partial charge in [-0.3, -0.25) is 4.79 Å². The summed E-state index contributed by atoms with van der Waals surface area (Å²) in [5.74, 6) is -0.305. The molecule has 0 aromatic heterocycles. The van der Waals surface area contributed by atoms with Gasteiger partial charge < -0.3 is 4.90 Å². The monoisotopic (exact) mass is 258 g/mol. The molecule has 0 saturated heterocycles. The second kappa shape index (κ2) is 7.58. The van der Waals surface area contributed by atoms with E-state index in [0.717, 1.165) is 30.5 Å². The zero-order chi connectivity index (χ0) is 14.3. The summed E-state index contributed by atoms with van der Waals surface area (Å²) in [5.41, 5.74) is 2.03. The predicted octanol–water partition coefficient (Wildman–Crippen LogP) is 3.25. The first-order valence-electron chi connectivity index (χ1n) is 6.79. The first-order valence-corrected chi connectivity index (χ1v) is 6.79. The van der Waals surface area contributed by atoms with Gasteiger partial charge in [0, 0.05) is 20.0 Å². The van der Waals surface area contributed by atoms with E-state index in [4.69, 9.17) is 0 Å². The van der Waals surface area contributed by atoms with Crippen molar-refractivity contribution in [2.45, 2.75) is 39.0 Å². The topological polar surface area (TPSA) is 44.1 Å². The van der Waals surface area contributed by atoms with Crippen LogP contribution in [0.2, 0.25) is 0 Å². The van der Waals surface area contributed by atoms with E-state index in [1.54, 1.807) is 4.90 Å². The maximum Gasteiger partial charge on any atom is 0.223 e. The summed E-state index contributed by atoms with van der Waals surface area (Å²) in [4.78, 5) is 13.8. The summed E-state index contributed by atoms with van der Waals surface area (Å²) < 4.78 is 0. The van der Waals surface area contributed by atoms with Crippen molar-refractivity contribution in [3.8, 4) is 6.07 Å². The van der Waals surface area contributed by atoms with E-state index in [1.165, 1.54) is 0 Å². The molecular weight excluding hydrogens is 236 g/mol. The van der Waals surface area contributed by atoms with E-state index in [1.807, 2.05) is 38.2 Å². The van der Waals surface area contributed by atoms with E-state index in [9.17, 15) is 10.1 Å². The number of unbranched alkanes of at least 4 members (excludes halogenated alkanes) is 1. The molecule has 1 rings (SSSR count). The number of carbonyl (C=O) groups is 1. The Bertz CT molecular complexity index is 462. The molecule has 0 radical (unpaired) electrons. The molecule has 1 amide bonds. The van der Waals surface area contributed by atoms with Crippen LogP contribution >= 0.6 is 0 Å². The third kappa shape index (κ3) is 4.40. The molecule has 1 aromatic rings. The second-order valence-corrected chi connectivity index (χ2v) is 4.91. The summed E-state index contributed by atoms with van der Waals surface area (Å²) in [7, 11) is 1.81. The maximum absolute atomic E-state index is 12.1. The smallest absolute Gasteiger partial charge is 0.223 e. The molecule has 1 unspecified atom stereocenters. The Morgan fingerprint density at radius 2 is 2.11 bits per heavy atom. The average Bonchev–Trinajstić information content (AvgIpc) is 2.42. The van der Waals surface area contributed by atoms with Crippen LogP contribution in [0.5, 0.6) is 0 Å². The zero-order valence-electron chi connectivity index (χ0n) is 12.0. The van der Waals surface area contributed by atoms with Crippen molar-refractivity contribution in [1.82, 2.24) is 4.90 Å². The molecule has 0 aliphatic heterocycles. The molecule has 1 aromatic carbocycles. The molecule has 19 heavy (non-hydrogen) atoms. The minimum Gasteiger partial charge on any atom is -0.346 e. The fourth-order valence-corrected chi connectivity index (χ4v) is 2.05. The molecule has 102 valence electrons. The largest absolute Gasteiger partial charge is 0.346 e. The van der Waals surface area contributed by atoms with Crippen molar-refractivity contribution in [3.63, 3.8) is 0 Å². The molecule has 3 nitrogen and oxygen atoms in total. The standard InChI is InChI=1S/C16H22N2O/c1-4-5-10-18(3)16(19)11-14(12-17)15-9-7-6-8-13(15)2/h6-9,14H,4-5,10-11H2,1-3H3. The van der Waals surface area contributed by atoms with Gasteiger partial charge in [-0.25, -0.2) is 0 Å². The normalized spacial score (nSPS) is 11.7. The Kier molecular flexibility index (Phi) is 6.08. The number of benzene rings is 1. The Morgan fingerprint density at radius 1 is 1.42 bits per heavy atom. The minimum atomic E-state index is -0.349. The highest BCUT2D eigenvalue weighted by atomic mass is 16.2. The van der Waals surface area contributed by atoms with Gasteiger partial charge >= 0.3 is 0 Å². The fraction of sp³-hybridized carbons (Fsp3) is 0.500. The summed E-state index contributed by atoms with van der Waals surface area (Å²) in [6.07, 6.45) is 2.34. The molecule has 0 saturated carbocycles. The number of amides is 1. The van der Waals surface area contributed by atoms with Gasteiger partial charge in [-0.1, -0.05) is 37.6 Å². The van der Waals surface area contributed by atoms with Crippen LogP contribution in [-0.4, -0.2) is 24.4 Å². The highest BCUT2D eigenvalue weighted by Gasteiger charge is 2.19. The van der Waals surface area contributed by atoms with Crippen LogP contribution in [0.25, 0.3) is 0 Å². The second-order valence-electron chi connectivity index (χ2n) is 4.91. The van der Waals surface area contributed by atoms with E-state index in [0.29, 0.717) is 0 Å². The molecule has 0 bridgehead atoms. The highest BCUT2D eigenvalue weighted by Crippen LogP contribution is 2.23. The number of nitriles is 1. The van der Waals surface area contributed by atoms with Gasteiger partial charge in [0.15, 0.2) is 0 Å². The van der Waals surface area contributed by atoms with Crippen LogP contribution in [0, 0.1) is 18.3 Å². The number of hydrogen-bond acceptors (Lipinski definition) is 2. The summed E-state index contributed by atoms with van der Waals surface area (Å²) in [5, 5.41) is 9.29. The Morgan fingerprint density at radius 3 is 2.68 bits per heavy atom. The quantitative estimate of drug-likeness (QED) is 0.786. The number of carbonyl (C=O) groups excluding carboxylic acids is 1. The van der Waals surface area contributed by atoms with Crippen LogP contribution in [0.4, 0.5) is 0 Å². The lowest BCUT2D eigenvalue weighted by Crippen LogP contribution is -2.28. The Labute approximate surface area is 115 Å². The van der Waals surface area contributed by atoms with Gasteiger partial charge in [0.05, 0.1) is 12.0 Å². The van der Waals surface area contributed by atoms with Crippen molar-refractivity contribution in [1.29, 1.82) is 5.26 Å². The van der Waals surface area contributed by atoms with Gasteiger partial charge in [-0.2, -0.15) is 5.26 Å². The third-order valence-corrected chi connectivity index (χ3v) is 3.37. The predicted molar refractivity (Wildman–Crippen MR) is 76.7 cm³/mol. The zero-order valence-corrected chi connectivity index (χ0v) is 12.0. The fourth-order valence-electron chi connectivity index (χ4n) is 2.05. The summed E-state index contributed by atoms with van der Waals surface area (Å²) in [6, 6.07) is 10.0. The number of aryl methyl sites for hydroxylation is 1. The van der Waals surface area contributed by atoms with Crippen molar-refractivity contribution in [2.75, 3.05) is 13.6 Å². The third-order valence-electron chi connectivity index (χ3n) is 3.37. The van der Waals surface area contributed by atoms with Gasteiger partial charge in [0.2, 0.25) is 5.91 Å². The lowest BCUT2D eigenvalue weighted by atomic mass is 9.93. The molecule has 1 atom stereocenters.